The van der Waals surface area contributed by atoms with E-state index >= 15 is 0 Å². The molecule has 0 N–H and O–H groups in total. The summed E-state index contributed by atoms with van der Waals surface area (Å²) in [6.07, 6.45) is 0. The Labute approximate surface area is 361 Å². The number of hydrogen-bond donors (Lipinski definition) is 0. The zero-order chi connectivity index (χ0) is 41.4. The van der Waals surface area contributed by atoms with E-state index in [1.165, 1.54) is 21.8 Å². The second-order valence-corrected chi connectivity index (χ2v) is 16.0. The fraction of sp³-hybridized carbons (Fsp3) is 0. The van der Waals surface area contributed by atoms with Crippen molar-refractivity contribution in [2.45, 2.75) is 0 Å². The Morgan fingerprint density at radius 3 is 1.75 bits per heavy atom. The van der Waals surface area contributed by atoms with Crippen molar-refractivity contribution in [1.29, 1.82) is 0 Å². The minimum Gasteiger partial charge on any atom is -0.456 e. The minimum atomic E-state index is 0.554. The van der Waals surface area contributed by atoms with Gasteiger partial charge in [0.05, 0.1) is 16.6 Å². The summed E-state index contributed by atoms with van der Waals surface area (Å²) >= 11 is 0. The molecular weight excluding hydrogens is 773 g/mol. The van der Waals surface area contributed by atoms with Crippen LogP contribution in [0.15, 0.2) is 215 Å². The maximum atomic E-state index is 6.55. The molecule has 0 saturated heterocycles. The third kappa shape index (κ3) is 5.76. The first-order chi connectivity index (χ1) is 31.2. The summed E-state index contributed by atoms with van der Waals surface area (Å²) in [5.74, 6) is 1.73. The van der Waals surface area contributed by atoms with E-state index in [1.807, 2.05) is 60.7 Å². The predicted octanol–water partition coefficient (Wildman–Crippen LogP) is 15.1. The summed E-state index contributed by atoms with van der Waals surface area (Å²) in [4.78, 5) is 15.2. The van der Waals surface area contributed by atoms with E-state index in [2.05, 4.69) is 150 Å². The van der Waals surface area contributed by atoms with Crippen molar-refractivity contribution in [3.05, 3.63) is 206 Å². The quantitative estimate of drug-likeness (QED) is 0.167. The highest BCUT2D eigenvalue weighted by Gasteiger charge is 2.19. The molecule has 0 saturated carbocycles. The van der Waals surface area contributed by atoms with Gasteiger partial charge in [-0.15, -0.1) is 0 Å². The molecule has 4 heterocycles. The lowest BCUT2D eigenvalue weighted by atomic mass is 9.99. The fourth-order valence-electron chi connectivity index (χ4n) is 9.24. The van der Waals surface area contributed by atoms with Crippen LogP contribution in [-0.4, -0.2) is 19.5 Å². The van der Waals surface area contributed by atoms with Gasteiger partial charge < -0.3 is 13.4 Å². The highest BCUT2D eigenvalue weighted by molar-refractivity contribution is 6.12. The van der Waals surface area contributed by atoms with Crippen molar-refractivity contribution in [3.8, 4) is 62.1 Å². The van der Waals surface area contributed by atoms with Crippen molar-refractivity contribution in [2.24, 2.45) is 0 Å². The van der Waals surface area contributed by atoms with E-state index in [4.69, 9.17) is 23.8 Å². The van der Waals surface area contributed by atoms with Gasteiger partial charge in [-0.1, -0.05) is 140 Å². The molecule has 0 aliphatic carbocycles. The lowest BCUT2D eigenvalue weighted by molar-refractivity contribution is 0.669. The average molecular weight is 807 g/mol. The first-order valence-electron chi connectivity index (χ1n) is 21.1. The Morgan fingerprint density at radius 2 is 0.873 bits per heavy atom. The molecule has 13 aromatic rings. The van der Waals surface area contributed by atoms with Gasteiger partial charge in [-0.3, -0.25) is 0 Å². The molecule has 63 heavy (non-hydrogen) atoms. The Bertz CT molecular complexity index is 3920. The first kappa shape index (κ1) is 35.2. The molecule has 0 spiro atoms. The second-order valence-electron chi connectivity index (χ2n) is 16.0. The molecular formula is C57H34N4O2. The van der Waals surface area contributed by atoms with E-state index in [-0.39, 0.29) is 0 Å². The maximum Gasteiger partial charge on any atom is 0.167 e. The molecule has 0 unspecified atom stereocenters. The molecule has 0 atom stereocenters. The van der Waals surface area contributed by atoms with E-state index in [9.17, 15) is 0 Å². The lowest BCUT2D eigenvalue weighted by Gasteiger charge is -2.10. The summed E-state index contributed by atoms with van der Waals surface area (Å²) in [5.41, 5.74) is 13.7. The zero-order valence-electron chi connectivity index (χ0n) is 33.7. The minimum absolute atomic E-state index is 0.554. The van der Waals surface area contributed by atoms with E-state index in [1.54, 1.807) is 0 Å². The highest BCUT2D eigenvalue weighted by Crippen LogP contribution is 2.40. The van der Waals surface area contributed by atoms with Crippen LogP contribution < -0.4 is 0 Å². The number of hydrogen-bond acceptors (Lipinski definition) is 5. The molecule has 0 aliphatic rings. The SMILES string of the molecule is c1ccc(-c2nc(-c3cccc(-c4ccc5oc6cc(-c7ccc8c9ccccc9n(-c9ccccc9)c8c7)ccc6c5c4)c3)nc(-c3cccc4c3oc3ccccc34)n2)cc1. The molecule has 6 heteroatoms. The van der Waals surface area contributed by atoms with Crippen LogP contribution in [0, 0.1) is 0 Å². The highest BCUT2D eigenvalue weighted by atomic mass is 16.3. The van der Waals surface area contributed by atoms with Crippen LogP contribution in [0.25, 0.3) is 128 Å². The molecule has 0 radical (unpaired) electrons. The number of para-hydroxylation sites is 4. The number of aromatic nitrogens is 4. The summed E-state index contributed by atoms with van der Waals surface area (Å²) in [6, 6.07) is 71.6. The average Bonchev–Trinajstić information content (AvgIpc) is 4.03. The zero-order valence-corrected chi connectivity index (χ0v) is 33.7. The van der Waals surface area contributed by atoms with Gasteiger partial charge in [0.15, 0.2) is 17.5 Å². The second kappa shape index (κ2) is 14.0. The molecule has 0 bridgehead atoms. The number of nitrogens with zero attached hydrogens (tertiary/aromatic N) is 4. The van der Waals surface area contributed by atoms with Crippen LogP contribution in [0.1, 0.15) is 0 Å². The van der Waals surface area contributed by atoms with Crippen molar-refractivity contribution >= 4 is 65.7 Å². The van der Waals surface area contributed by atoms with Crippen LogP contribution in [0.4, 0.5) is 0 Å². The number of fused-ring (bicyclic) bond motifs is 9. The molecule has 0 aliphatic heterocycles. The van der Waals surface area contributed by atoms with Gasteiger partial charge in [-0.2, -0.15) is 0 Å². The van der Waals surface area contributed by atoms with Gasteiger partial charge in [0, 0.05) is 49.1 Å². The molecule has 0 fully saturated rings. The predicted molar refractivity (Wildman–Crippen MR) is 256 cm³/mol. The number of furan rings is 2. The smallest absolute Gasteiger partial charge is 0.167 e. The monoisotopic (exact) mass is 806 g/mol. The lowest BCUT2D eigenvalue weighted by Crippen LogP contribution is -2.00. The Balaban J connectivity index is 0.889. The first-order valence-corrected chi connectivity index (χ1v) is 21.1. The summed E-state index contributed by atoms with van der Waals surface area (Å²) < 4.78 is 15.3. The van der Waals surface area contributed by atoms with Gasteiger partial charge in [-0.25, -0.2) is 15.0 Å². The number of rotatable bonds is 6. The molecule has 9 aromatic carbocycles. The molecule has 0 amide bonds. The van der Waals surface area contributed by atoms with Gasteiger partial charge >= 0.3 is 0 Å². The van der Waals surface area contributed by atoms with Crippen LogP contribution in [-0.2, 0) is 0 Å². The van der Waals surface area contributed by atoms with Gasteiger partial charge in [0.2, 0.25) is 0 Å². The van der Waals surface area contributed by atoms with Crippen molar-refractivity contribution < 1.29 is 8.83 Å². The number of benzene rings is 9. The molecule has 4 aromatic heterocycles. The van der Waals surface area contributed by atoms with Gasteiger partial charge in [0.25, 0.3) is 0 Å². The third-order valence-corrected chi connectivity index (χ3v) is 12.3. The van der Waals surface area contributed by atoms with Crippen molar-refractivity contribution in [1.82, 2.24) is 19.5 Å². The van der Waals surface area contributed by atoms with Crippen molar-refractivity contribution in [2.75, 3.05) is 0 Å². The third-order valence-electron chi connectivity index (χ3n) is 12.3. The van der Waals surface area contributed by atoms with Crippen LogP contribution in [0.3, 0.4) is 0 Å². The normalized spacial score (nSPS) is 11.8. The van der Waals surface area contributed by atoms with Crippen LogP contribution in [0.2, 0.25) is 0 Å². The topological polar surface area (TPSA) is 69.9 Å². The van der Waals surface area contributed by atoms with Crippen LogP contribution >= 0.6 is 0 Å². The van der Waals surface area contributed by atoms with Crippen molar-refractivity contribution in [3.63, 3.8) is 0 Å². The summed E-state index contributed by atoms with van der Waals surface area (Å²) in [5, 5.41) is 6.68. The molecule has 294 valence electrons. The maximum absolute atomic E-state index is 6.55. The standard InChI is InChI=1S/C57H34N4O2/c1-3-13-35(14-4-1)55-58-56(60-57(59-55)47-22-12-21-46-44-20-8-10-24-51(44)63-54(46)47)40-16-11-15-36(31-40)37-27-30-52-48(32-37)45-29-26-39(34-53(45)62-52)38-25-28-43-42-19-7-9-23-49(42)61(50(43)33-38)41-17-5-2-6-18-41/h1-34H. The molecule has 13 rings (SSSR count). The summed E-state index contributed by atoms with van der Waals surface area (Å²) in [6.45, 7) is 0. The molecule has 6 nitrogen and oxygen atoms in total. The Hall–Kier alpha value is -8.61. The largest absolute Gasteiger partial charge is 0.456 e. The Morgan fingerprint density at radius 1 is 0.302 bits per heavy atom. The summed E-state index contributed by atoms with van der Waals surface area (Å²) in [7, 11) is 0. The van der Waals surface area contributed by atoms with Crippen LogP contribution in [0.5, 0.6) is 0 Å². The van der Waals surface area contributed by atoms with E-state index < -0.39 is 0 Å². The fourth-order valence-corrected chi connectivity index (χ4v) is 9.24. The van der Waals surface area contributed by atoms with Gasteiger partial charge in [-0.05, 0) is 89.0 Å². The van der Waals surface area contributed by atoms with Gasteiger partial charge in [0.1, 0.15) is 22.3 Å². The van der Waals surface area contributed by atoms with E-state index in [0.29, 0.717) is 17.5 Å². The Kier molecular flexibility index (Phi) is 7.80. The van der Waals surface area contributed by atoms with E-state index in [0.717, 1.165) is 88.5 Å².